The van der Waals surface area contributed by atoms with Crippen LogP contribution in [-0.4, -0.2) is 49.8 Å². The molecule has 1 aromatic heterocycles. The lowest BCUT2D eigenvalue weighted by Gasteiger charge is -2.49. The Morgan fingerprint density at radius 2 is 1.62 bits per heavy atom. The summed E-state index contributed by atoms with van der Waals surface area (Å²) in [5, 5.41) is 22.8. The predicted octanol–water partition coefficient (Wildman–Crippen LogP) is 6.39. The zero-order valence-corrected chi connectivity index (χ0v) is 24.7. The van der Waals surface area contributed by atoms with E-state index in [2.05, 4.69) is 10.3 Å². The number of benzene rings is 2. The van der Waals surface area contributed by atoms with Gasteiger partial charge >= 0.3 is 6.09 Å². The second-order valence-corrected chi connectivity index (χ2v) is 12.8. The Hall–Kier alpha value is -3.75. The minimum atomic E-state index is -0.873. The number of hydrogen-bond donors (Lipinski definition) is 4. The van der Waals surface area contributed by atoms with Crippen LogP contribution in [-0.2, 0) is 10.3 Å². The van der Waals surface area contributed by atoms with Gasteiger partial charge in [0.05, 0.1) is 5.60 Å². The van der Waals surface area contributed by atoms with Crippen LogP contribution in [0.4, 0.5) is 10.6 Å². The van der Waals surface area contributed by atoms with Gasteiger partial charge in [-0.3, -0.25) is 4.79 Å². The Labute approximate surface area is 248 Å². The molecule has 2 fully saturated rings. The first-order valence-electron chi connectivity index (χ1n) is 14.9. The van der Waals surface area contributed by atoms with E-state index in [1.807, 2.05) is 81.4 Å². The number of nitrogens with one attached hydrogen (secondary N) is 1. The fourth-order valence-corrected chi connectivity index (χ4v) is 6.99. The molecular weight excluding hydrogens is 528 g/mol. The smallest absolute Gasteiger partial charge is 0.407 e. The first-order valence-corrected chi connectivity index (χ1v) is 14.9. The second kappa shape index (κ2) is 11.9. The molecule has 0 aliphatic heterocycles. The maximum Gasteiger partial charge on any atom is 0.407 e. The number of anilines is 1. The number of amides is 2. The molecule has 2 aromatic carbocycles. The molecular formula is C34H42N4O4. The van der Waals surface area contributed by atoms with Crippen LogP contribution in [0.3, 0.4) is 0 Å². The molecule has 2 aliphatic rings. The summed E-state index contributed by atoms with van der Waals surface area (Å²) < 4.78 is 0. The molecule has 42 heavy (non-hydrogen) atoms. The van der Waals surface area contributed by atoms with Gasteiger partial charge in [0.25, 0.3) is 0 Å². The molecule has 0 saturated heterocycles. The maximum atomic E-state index is 13.0. The van der Waals surface area contributed by atoms with Gasteiger partial charge in [-0.05, 0) is 93.5 Å². The summed E-state index contributed by atoms with van der Waals surface area (Å²) in [6, 6.07) is 20.1. The van der Waals surface area contributed by atoms with Gasteiger partial charge < -0.3 is 26.2 Å². The van der Waals surface area contributed by atoms with E-state index < -0.39 is 17.2 Å². The van der Waals surface area contributed by atoms with E-state index in [0.717, 1.165) is 53.5 Å². The number of aromatic nitrogens is 1. The molecule has 222 valence electrons. The molecule has 0 bridgehead atoms. The minimum Gasteiger partial charge on any atom is -0.465 e. The molecule has 5 rings (SSSR count). The average Bonchev–Trinajstić information content (AvgIpc) is 2.93. The van der Waals surface area contributed by atoms with Crippen molar-refractivity contribution in [1.82, 2.24) is 9.88 Å². The zero-order valence-electron chi connectivity index (χ0n) is 24.7. The van der Waals surface area contributed by atoms with Crippen LogP contribution >= 0.6 is 0 Å². The highest BCUT2D eigenvalue weighted by molar-refractivity contribution is 5.92. The summed E-state index contributed by atoms with van der Waals surface area (Å²) in [6.45, 7) is 5.63. The van der Waals surface area contributed by atoms with Crippen molar-refractivity contribution >= 4 is 17.8 Å². The molecule has 5 N–H and O–H groups in total. The van der Waals surface area contributed by atoms with E-state index in [4.69, 9.17) is 5.73 Å². The fraction of sp³-hybridized carbons (Fsp3) is 0.441. The lowest BCUT2D eigenvalue weighted by atomic mass is 9.63. The van der Waals surface area contributed by atoms with Gasteiger partial charge in [0, 0.05) is 35.8 Å². The van der Waals surface area contributed by atoms with Crippen molar-refractivity contribution in [2.45, 2.75) is 88.9 Å². The molecule has 0 radical (unpaired) electrons. The molecule has 1 heterocycles. The van der Waals surface area contributed by atoms with E-state index in [0.29, 0.717) is 25.1 Å². The number of carbonyl (C=O) groups excluding carboxylic acids is 1. The largest absolute Gasteiger partial charge is 0.465 e. The topological polar surface area (TPSA) is 129 Å². The molecule has 3 aromatic rings. The quantitative estimate of drug-likeness (QED) is 0.248. The molecule has 2 aliphatic carbocycles. The van der Waals surface area contributed by atoms with E-state index in [9.17, 15) is 19.8 Å². The zero-order chi connectivity index (χ0) is 30.1. The van der Waals surface area contributed by atoms with Crippen molar-refractivity contribution in [2.24, 2.45) is 11.7 Å². The molecule has 8 heteroatoms. The summed E-state index contributed by atoms with van der Waals surface area (Å²) in [7, 11) is 0. The van der Waals surface area contributed by atoms with E-state index in [1.54, 1.807) is 11.1 Å². The number of carbonyl (C=O) groups is 2. The first-order chi connectivity index (χ1) is 19.9. The number of nitrogens with zero attached hydrogens (tertiary/aromatic N) is 2. The number of carboxylic acid groups (broad SMARTS) is 1. The first kappa shape index (κ1) is 29.7. The highest BCUT2D eigenvalue weighted by Crippen LogP contribution is 2.46. The number of aliphatic hydroxyl groups is 1. The van der Waals surface area contributed by atoms with Crippen LogP contribution in [0, 0.1) is 5.92 Å². The van der Waals surface area contributed by atoms with Gasteiger partial charge in [-0.15, -0.1) is 0 Å². The summed E-state index contributed by atoms with van der Waals surface area (Å²) in [4.78, 5) is 30.9. The molecule has 0 atom stereocenters. The Morgan fingerprint density at radius 3 is 2.19 bits per heavy atom. The molecule has 0 spiro atoms. The summed E-state index contributed by atoms with van der Waals surface area (Å²) in [5.74, 6) is 0.647. The van der Waals surface area contributed by atoms with Gasteiger partial charge in [-0.25, -0.2) is 9.78 Å². The number of rotatable bonds is 8. The van der Waals surface area contributed by atoms with Crippen molar-refractivity contribution in [3.63, 3.8) is 0 Å². The Bertz CT molecular complexity index is 1410. The van der Waals surface area contributed by atoms with E-state index in [1.165, 1.54) is 0 Å². The van der Waals surface area contributed by atoms with Crippen molar-refractivity contribution in [2.75, 3.05) is 5.32 Å². The number of nitrogens with two attached hydrogens (primary N) is 1. The van der Waals surface area contributed by atoms with Crippen LogP contribution in [0.15, 0.2) is 66.9 Å². The van der Waals surface area contributed by atoms with Crippen molar-refractivity contribution in [3.05, 3.63) is 72.4 Å². The van der Waals surface area contributed by atoms with Gasteiger partial charge in [-0.1, -0.05) is 54.6 Å². The second-order valence-electron chi connectivity index (χ2n) is 12.8. The van der Waals surface area contributed by atoms with Gasteiger partial charge in [0.1, 0.15) is 5.82 Å². The molecule has 2 amide bonds. The summed E-state index contributed by atoms with van der Waals surface area (Å²) >= 11 is 0. The Kier molecular flexibility index (Phi) is 8.39. The molecule has 8 nitrogen and oxygen atoms in total. The maximum absolute atomic E-state index is 13.0. The van der Waals surface area contributed by atoms with Gasteiger partial charge in [-0.2, -0.15) is 0 Å². The highest BCUT2D eigenvalue weighted by Gasteiger charge is 2.49. The van der Waals surface area contributed by atoms with Gasteiger partial charge in [0.2, 0.25) is 5.91 Å². The molecule has 2 saturated carbocycles. The third kappa shape index (κ3) is 6.50. The van der Waals surface area contributed by atoms with E-state index in [-0.39, 0.29) is 23.9 Å². The Balaban J connectivity index is 1.28. The highest BCUT2D eigenvalue weighted by atomic mass is 16.4. The monoisotopic (exact) mass is 570 g/mol. The standard InChI is InChI=1S/C34H42N4O4/c1-22(2)38(32(40)41)27-15-9-23(10-16-27)17-31(39)37-30-18-28(24-7-5-4-6-8-24)29(19-36-30)25-11-13-26(14-12-25)34(35)20-33(3,42)21-34/h4-8,11-14,18-19,22-23,27,42H,9-10,15-17,20-21,35H2,1-3H3,(H,40,41)(H,36,37,39)/t23-,27-,33-,34-. The molecule has 0 unspecified atom stereocenters. The van der Waals surface area contributed by atoms with Crippen molar-refractivity contribution in [3.8, 4) is 22.3 Å². The normalized spacial score (nSPS) is 25.5. The lowest BCUT2D eigenvalue weighted by Crippen LogP contribution is -2.58. The van der Waals surface area contributed by atoms with Crippen LogP contribution in [0.25, 0.3) is 22.3 Å². The predicted molar refractivity (Wildman–Crippen MR) is 165 cm³/mol. The summed E-state index contributed by atoms with van der Waals surface area (Å²) in [6.07, 6.45) is 5.59. The van der Waals surface area contributed by atoms with Gasteiger partial charge in [0.15, 0.2) is 0 Å². The van der Waals surface area contributed by atoms with Crippen LogP contribution < -0.4 is 11.1 Å². The minimum absolute atomic E-state index is 0.0116. The Morgan fingerprint density at radius 1 is 1.00 bits per heavy atom. The average molecular weight is 571 g/mol. The van der Waals surface area contributed by atoms with Crippen molar-refractivity contribution in [1.29, 1.82) is 0 Å². The number of hydrogen-bond acceptors (Lipinski definition) is 5. The third-order valence-corrected chi connectivity index (χ3v) is 8.88. The SMILES string of the molecule is CC(C)N(C(=O)O)[C@H]1CC[C@H](CC(=O)Nc2cc(-c3ccccc3)c(-c3ccc([C@]4(N)C[C@](C)(O)C4)cc3)cn2)CC1. The third-order valence-electron chi connectivity index (χ3n) is 8.88. The van der Waals surface area contributed by atoms with Crippen LogP contribution in [0.2, 0.25) is 0 Å². The summed E-state index contributed by atoms with van der Waals surface area (Å²) in [5.41, 5.74) is 10.2. The van der Waals surface area contributed by atoms with E-state index >= 15 is 0 Å². The lowest BCUT2D eigenvalue weighted by molar-refractivity contribution is -0.117. The van der Waals surface area contributed by atoms with Crippen molar-refractivity contribution < 1.29 is 19.8 Å². The van der Waals surface area contributed by atoms with Crippen LogP contribution in [0.5, 0.6) is 0 Å². The van der Waals surface area contributed by atoms with Crippen LogP contribution in [0.1, 0.15) is 71.3 Å². The fourth-order valence-electron chi connectivity index (χ4n) is 6.99. The number of pyridine rings is 1.